The van der Waals surface area contributed by atoms with Gasteiger partial charge in [0, 0.05) is 31.5 Å². The van der Waals surface area contributed by atoms with Crippen LogP contribution in [0.3, 0.4) is 0 Å². The van der Waals surface area contributed by atoms with Crippen molar-refractivity contribution < 1.29 is 0 Å². The van der Waals surface area contributed by atoms with E-state index in [4.69, 9.17) is 11.6 Å². The second-order valence-electron chi connectivity index (χ2n) is 4.94. The summed E-state index contributed by atoms with van der Waals surface area (Å²) in [5, 5.41) is 4.27. The van der Waals surface area contributed by atoms with Gasteiger partial charge in [-0.3, -0.25) is 9.88 Å². The maximum atomic E-state index is 6.20. The van der Waals surface area contributed by atoms with Gasteiger partial charge in [0.15, 0.2) is 0 Å². The van der Waals surface area contributed by atoms with Crippen LogP contribution in [0.5, 0.6) is 0 Å². The van der Waals surface area contributed by atoms with Gasteiger partial charge in [0.05, 0.1) is 5.02 Å². The Balaban J connectivity index is 2.03. The fourth-order valence-electron chi connectivity index (χ4n) is 2.57. The van der Waals surface area contributed by atoms with Gasteiger partial charge < -0.3 is 5.32 Å². The average Bonchev–Trinajstić information content (AvgIpc) is 2.42. The lowest BCUT2D eigenvalue weighted by atomic mass is 10.0. The van der Waals surface area contributed by atoms with Crippen molar-refractivity contribution in [1.29, 1.82) is 0 Å². The number of halogens is 1. The van der Waals surface area contributed by atoms with Gasteiger partial charge in [0.25, 0.3) is 0 Å². The Hall–Kier alpha value is -0.640. The third-order valence-corrected chi connectivity index (χ3v) is 3.87. The van der Waals surface area contributed by atoms with E-state index in [2.05, 4.69) is 22.1 Å². The standard InChI is InChI=1S/C14H22ClN3/c1-2-8-18(13-4-3-6-16-9-13)11-12-5-7-17-10-14(12)15/h5,7,10,13,16H,2-4,6,8-9,11H2,1H3. The molecule has 1 aromatic rings. The zero-order valence-electron chi connectivity index (χ0n) is 11.0. The number of nitrogens with zero attached hydrogens (tertiary/aromatic N) is 2. The van der Waals surface area contributed by atoms with Crippen molar-refractivity contribution in [3.8, 4) is 0 Å². The van der Waals surface area contributed by atoms with Gasteiger partial charge in [-0.05, 0) is 44.0 Å². The van der Waals surface area contributed by atoms with E-state index in [0.29, 0.717) is 6.04 Å². The molecule has 4 heteroatoms. The molecule has 1 aliphatic heterocycles. The Kier molecular flexibility index (Phi) is 5.42. The molecule has 0 aliphatic carbocycles. The van der Waals surface area contributed by atoms with Crippen LogP contribution in [-0.2, 0) is 6.54 Å². The minimum atomic E-state index is 0.642. The van der Waals surface area contributed by atoms with Crippen LogP contribution in [0.25, 0.3) is 0 Å². The van der Waals surface area contributed by atoms with Crippen molar-refractivity contribution in [3.05, 3.63) is 29.0 Å². The molecule has 0 bridgehead atoms. The molecule has 1 aromatic heterocycles. The molecule has 1 fully saturated rings. The van der Waals surface area contributed by atoms with E-state index in [1.807, 2.05) is 12.3 Å². The van der Waals surface area contributed by atoms with Crippen LogP contribution in [-0.4, -0.2) is 35.6 Å². The normalized spacial score (nSPS) is 20.3. The van der Waals surface area contributed by atoms with E-state index in [0.717, 1.165) is 31.2 Å². The van der Waals surface area contributed by atoms with Gasteiger partial charge in [0.1, 0.15) is 0 Å². The van der Waals surface area contributed by atoms with Crippen molar-refractivity contribution in [2.45, 2.75) is 38.8 Å². The Bertz CT molecular complexity index is 364. The Morgan fingerprint density at radius 3 is 3.11 bits per heavy atom. The number of nitrogens with one attached hydrogen (secondary N) is 1. The van der Waals surface area contributed by atoms with Crippen LogP contribution < -0.4 is 5.32 Å². The predicted octanol–water partition coefficient (Wildman–Crippen LogP) is 2.70. The van der Waals surface area contributed by atoms with E-state index in [-0.39, 0.29) is 0 Å². The van der Waals surface area contributed by atoms with Gasteiger partial charge in [-0.2, -0.15) is 0 Å². The lowest BCUT2D eigenvalue weighted by Gasteiger charge is -2.34. The number of piperidine rings is 1. The number of aromatic nitrogens is 1. The molecule has 0 amide bonds. The summed E-state index contributed by atoms with van der Waals surface area (Å²) in [6, 6.07) is 2.67. The first-order chi connectivity index (χ1) is 8.81. The highest BCUT2D eigenvalue weighted by Gasteiger charge is 2.20. The maximum Gasteiger partial charge on any atom is 0.0634 e. The monoisotopic (exact) mass is 267 g/mol. The zero-order chi connectivity index (χ0) is 12.8. The van der Waals surface area contributed by atoms with Crippen molar-refractivity contribution in [3.63, 3.8) is 0 Å². The maximum absolute atomic E-state index is 6.20. The topological polar surface area (TPSA) is 28.2 Å². The van der Waals surface area contributed by atoms with Crippen molar-refractivity contribution in [2.75, 3.05) is 19.6 Å². The van der Waals surface area contributed by atoms with E-state index in [1.54, 1.807) is 6.20 Å². The fourth-order valence-corrected chi connectivity index (χ4v) is 2.75. The summed E-state index contributed by atoms with van der Waals surface area (Å²) in [6.45, 7) is 6.55. The molecule has 2 rings (SSSR count). The van der Waals surface area contributed by atoms with Crippen molar-refractivity contribution >= 4 is 11.6 Å². The second kappa shape index (κ2) is 7.07. The zero-order valence-corrected chi connectivity index (χ0v) is 11.8. The van der Waals surface area contributed by atoms with Crippen molar-refractivity contribution in [1.82, 2.24) is 15.2 Å². The molecule has 1 atom stereocenters. The molecule has 1 saturated heterocycles. The first-order valence-electron chi connectivity index (χ1n) is 6.84. The average molecular weight is 268 g/mol. The molecule has 0 radical (unpaired) electrons. The van der Waals surface area contributed by atoms with E-state index >= 15 is 0 Å². The summed E-state index contributed by atoms with van der Waals surface area (Å²) in [6.07, 6.45) is 7.30. The van der Waals surface area contributed by atoms with Gasteiger partial charge in [-0.1, -0.05) is 18.5 Å². The highest BCUT2D eigenvalue weighted by molar-refractivity contribution is 6.31. The summed E-state index contributed by atoms with van der Waals surface area (Å²) >= 11 is 6.20. The van der Waals surface area contributed by atoms with E-state index < -0.39 is 0 Å². The molecule has 1 N–H and O–H groups in total. The Morgan fingerprint density at radius 2 is 2.44 bits per heavy atom. The number of rotatable bonds is 5. The van der Waals surface area contributed by atoms with Gasteiger partial charge in [0.2, 0.25) is 0 Å². The SMILES string of the molecule is CCCN(Cc1ccncc1Cl)C1CCCNC1. The molecule has 18 heavy (non-hydrogen) atoms. The van der Waals surface area contributed by atoms with E-state index in [1.165, 1.54) is 24.8 Å². The Labute approximate surface area is 115 Å². The van der Waals surface area contributed by atoms with Crippen LogP contribution in [0.15, 0.2) is 18.5 Å². The Morgan fingerprint density at radius 1 is 1.56 bits per heavy atom. The number of hydrogen-bond acceptors (Lipinski definition) is 3. The highest BCUT2D eigenvalue weighted by Crippen LogP contribution is 2.19. The van der Waals surface area contributed by atoms with Crippen LogP contribution >= 0.6 is 11.6 Å². The molecule has 1 aliphatic rings. The fraction of sp³-hybridized carbons (Fsp3) is 0.643. The third-order valence-electron chi connectivity index (χ3n) is 3.53. The molecular weight excluding hydrogens is 246 g/mol. The molecule has 0 aromatic carbocycles. The highest BCUT2D eigenvalue weighted by atomic mass is 35.5. The van der Waals surface area contributed by atoms with Gasteiger partial charge >= 0.3 is 0 Å². The van der Waals surface area contributed by atoms with Crippen molar-refractivity contribution in [2.24, 2.45) is 0 Å². The molecule has 1 unspecified atom stereocenters. The first-order valence-corrected chi connectivity index (χ1v) is 7.22. The molecule has 2 heterocycles. The van der Waals surface area contributed by atoms with Crippen LogP contribution in [0.1, 0.15) is 31.7 Å². The van der Waals surface area contributed by atoms with E-state index in [9.17, 15) is 0 Å². The predicted molar refractivity (Wildman–Crippen MR) is 75.8 cm³/mol. The quantitative estimate of drug-likeness (QED) is 0.889. The summed E-state index contributed by atoms with van der Waals surface area (Å²) in [5.74, 6) is 0. The smallest absolute Gasteiger partial charge is 0.0634 e. The first kappa shape index (κ1) is 13.8. The third kappa shape index (κ3) is 3.67. The summed E-state index contributed by atoms with van der Waals surface area (Å²) in [4.78, 5) is 6.60. The lowest BCUT2D eigenvalue weighted by Crippen LogP contribution is -2.45. The number of hydrogen-bond donors (Lipinski definition) is 1. The molecule has 100 valence electrons. The minimum Gasteiger partial charge on any atom is -0.315 e. The number of pyridine rings is 1. The summed E-state index contributed by atoms with van der Waals surface area (Å²) in [7, 11) is 0. The summed E-state index contributed by atoms with van der Waals surface area (Å²) in [5.41, 5.74) is 1.19. The van der Waals surface area contributed by atoms with Gasteiger partial charge in [-0.15, -0.1) is 0 Å². The van der Waals surface area contributed by atoms with Crippen LogP contribution in [0, 0.1) is 0 Å². The molecule has 3 nitrogen and oxygen atoms in total. The van der Waals surface area contributed by atoms with Crippen LogP contribution in [0.2, 0.25) is 5.02 Å². The minimum absolute atomic E-state index is 0.642. The second-order valence-corrected chi connectivity index (χ2v) is 5.34. The molecule has 0 spiro atoms. The van der Waals surface area contributed by atoms with Gasteiger partial charge in [-0.25, -0.2) is 0 Å². The largest absolute Gasteiger partial charge is 0.315 e. The molecule has 0 saturated carbocycles. The lowest BCUT2D eigenvalue weighted by molar-refractivity contribution is 0.158. The molecular formula is C14H22ClN3. The summed E-state index contributed by atoms with van der Waals surface area (Å²) < 4.78 is 0. The van der Waals surface area contributed by atoms with Crippen LogP contribution in [0.4, 0.5) is 0 Å².